The van der Waals surface area contributed by atoms with Crippen molar-refractivity contribution < 1.29 is 9.53 Å². The van der Waals surface area contributed by atoms with Crippen LogP contribution in [0, 0.1) is 0 Å². The summed E-state index contributed by atoms with van der Waals surface area (Å²) < 4.78 is 5.53. The van der Waals surface area contributed by atoms with Crippen LogP contribution in [0.5, 0.6) is 5.75 Å². The van der Waals surface area contributed by atoms with Crippen LogP contribution in [-0.4, -0.2) is 17.7 Å². The van der Waals surface area contributed by atoms with Gasteiger partial charge in [0.2, 0.25) is 0 Å². The van der Waals surface area contributed by atoms with E-state index in [-0.39, 0.29) is 0 Å². The normalized spacial score (nSPS) is 12.6. The Balaban J connectivity index is 1.99. The third-order valence-electron chi connectivity index (χ3n) is 3.21. The SMILES string of the molecule is C/C(=N/NC(=O)C(C)Oc1ccc(Cl)cc1Cl)c1cccc(N)c1. The van der Waals surface area contributed by atoms with Gasteiger partial charge in [0.15, 0.2) is 6.10 Å². The summed E-state index contributed by atoms with van der Waals surface area (Å²) in [6, 6.07) is 12.0. The van der Waals surface area contributed by atoms with Crippen LogP contribution in [0.2, 0.25) is 10.0 Å². The van der Waals surface area contributed by atoms with E-state index in [1.165, 1.54) is 0 Å². The Hall–Kier alpha value is -2.24. The predicted octanol–water partition coefficient (Wildman–Crippen LogP) is 3.88. The molecule has 0 aliphatic carbocycles. The molecule has 1 unspecified atom stereocenters. The number of carbonyl (C=O) groups excluding carboxylic acids is 1. The number of ether oxygens (including phenoxy) is 1. The van der Waals surface area contributed by atoms with Crippen LogP contribution in [0.3, 0.4) is 0 Å². The van der Waals surface area contributed by atoms with Gasteiger partial charge in [-0.15, -0.1) is 0 Å². The van der Waals surface area contributed by atoms with Crippen molar-refractivity contribution in [2.24, 2.45) is 5.10 Å². The standard InChI is InChI=1S/C17H17Cl2N3O2/c1-10(12-4-3-5-14(20)8-12)21-22-17(23)11(2)24-16-7-6-13(18)9-15(16)19/h3-9,11H,20H2,1-2H3,(H,22,23)/b21-10-. The van der Waals surface area contributed by atoms with Gasteiger partial charge in [-0.1, -0.05) is 35.3 Å². The van der Waals surface area contributed by atoms with E-state index in [1.54, 1.807) is 44.2 Å². The Morgan fingerprint density at radius 1 is 1.25 bits per heavy atom. The molecule has 3 N–H and O–H groups in total. The number of nitrogens with zero attached hydrogens (tertiary/aromatic N) is 1. The van der Waals surface area contributed by atoms with Crippen molar-refractivity contribution >= 4 is 40.5 Å². The Labute approximate surface area is 150 Å². The highest BCUT2D eigenvalue weighted by Gasteiger charge is 2.16. The van der Waals surface area contributed by atoms with Gasteiger partial charge in [-0.05, 0) is 49.7 Å². The fourth-order valence-electron chi connectivity index (χ4n) is 1.87. The molecule has 126 valence electrons. The van der Waals surface area contributed by atoms with Crippen LogP contribution < -0.4 is 15.9 Å². The topological polar surface area (TPSA) is 76.7 Å². The van der Waals surface area contributed by atoms with Gasteiger partial charge in [0, 0.05) is 10.7 Å². The highest BCUT2D eigenvalue weighted by molar-refractivity contribution is 6.35. The van der Waals surface area contributed by atoms with Gasteiger partial charge >= 0.3 is 0 Å². The highest BCUT2D eigenvalue weighted by atomic mass is 35.5. The first-order chi connectivity index (χ1) is 11.4. The Morgan fingerprint density at radius 2 is 2.00 bits per heavy atom. The minimum Gasteiger partial charge on any atom is -0.479 e. The van der Waals surface area contributed by atoms with Crippen LogP contribution in [0.4, 0.5) is 5.69 Å². The lowest BCUT2D eigenvalue weighted by Crippen LogP contribution is -2.34. The molecule has 0 radical (unpaired) electrons. The van der Waals surface area contributed by atoms with Crippen molar-refractivity contribution in [2.75, 3.05) is 5.73 Å². The molecule has 0 heterocycles. The molecule has 7 heteroatoms. The molecule has 2 aromatic carbocycles. The lowest BCUT2D eigenvalue weighted by atomic mass is 10.1. The second-order valence-electron chi connectivity index (χ2n) is 5.13. The lowest BCUT2D eigenvalue weighted by Gasteiger charge is -2.14. The molecule has 24 heavy (non-hydrogen) atoms. The molecule has 2 rings (SSSR count). The second-order valence-corrected chi connectivity index (χ2v) is 5.98. The Kier molecular flexibility index (Phi) is 6.06. The monoisotopic (exact) mass is 365 g/mol. The maximum atomic E-state index is 12.1. The summed E-state index contributed by atoms with van der Waals surface area (Å²) in [4.78, 5) is 12.1. The highest BCUT2D eigenvalue weighted by Crippen LogP contribution is 2.28. The first-order valence-corrected chi connectivity index (χ1v) is 7.94. The summed E-state index contributed by atoms with van der Waals surface area (Å²) in [7, 11) is 0. The molecule has 0 aliphatic heterocycles. The maximum Gasteiger partial charge on any atom is 0.280 e. The average molecular weight is 366 g/mol. The van der Waals surface area contributed by atoms with E-state index in [9.17, 15) is 4.79 Å². The van der Waals surface area contributed by atoms with Crippen LogP contribution in [0.15, 0.2) is 47.6 Å². The van der Waals surface area contributed by atoms with Crippen LogP contribution in [0.25, 0.3) is 0 Å². The van der Waals surface area contributed by atoms with Crippen molar-refractivity contribution in [1.82, 2.24) is 5.43 Å². The van der Waals surface area contributed by atoms with Crippen LogP contribution in [0.1, 0.15) is 19.4 Å². The number of nitrogens with two attached hydrogens (primary N) is 1. The minimum atomic E-state index is -0.777. The quantitative estimate of drug-likeness (QED) is 0.479. The van der Waals surface area contributed by atoms with Gasteiger partial charge in [0.1, 0.15) is 5.75 Å². The lowest BCUT2D eigenvalue weighted by molar-refractivity contribution is -0.127. The smallest absolute Gasteiger partial charge is 0.280 e. The molecule has 0 aromatic heterocycles. The number of amides is 1. The van der Waals surface area contributed by atoms with E-state index in [1.807, 2.05) is 12.1 Å². The van der Waals surface area contributed by atoms with Crippen molar-refractivity contribution in [1.29, 1.82) is 0 Å². The molecule has 0 spiro atoms. The molecule has 0 saturated carbocycles. The van der Waals surface area contributed by atoms with Gasteiger partial charge < -0.3 is 10.5 Å². The summed E-state index contributed by atoms with van der Waals surface area (Å²) in [6.07, 6.45) is -0.777. The van der Waals surface area contributed by atoms with Gasteiger partial charge in [-0.2, -0.15) is 5.10 Å². The fourth-order valence-corrected chi connectivity index (χ4v) is 2.33. The summed E-state index contributed by atoms with van der Waals surface area (Å²) in [5, 5.41) is 4.89. The largest absolute Gasteiger partial charge is 0.479 e. The third kappa shape index (κ3) is 4.88. The number of nitrogens with one attached hydrogen (secondary N) is 1. The zero-order valence-corrected chi connectivity index (χ0v) is 14.7. The van der Waals surface area contributed by atoms with E-state index in [0.717, 1.165) is 5.56 Å². The van der Waals surface area contributed by atoms with Crippen molar-refractivity contribution in [3.8, 4) is 5.75 Å². The first-order valence-electron chi connectivity index (χ1n) is 7.18. The van der Waals surface area contributed by atoms with E-state index >= 15 is 0 Å². The number of rotatable bonds is 5. The molecular formula is C17H17Cl2N3O2. The van der Waals surface area contributed by atoms with Crippen LogP contribution >= 0.6 is 23.2 Å². The molecule has 1 amide bonds. The van der Waals surface area contributed by atoms with Gasteiger partial charge in [0.25, 0.3) is 5.91 Å². The number of nitrogen functional groups attached to an aromatic ring is 1. The number of carbonyl (C=O) groups is 1. The maximum absolute atomic E-state index is 12.1. The molecule has 0 fully saturated rings. The summed E-state index contributed by atoms with van der Waals surface area (Å²) in [5.41, 5.74) is 10.3. The number of benzene rings is 2. The Morgan fingerprint density at radius 3 is 2.67 bits per heavy atom. The average Bonchev–Trinajstić information content (AvgIpc) is 2.54. The summed E-state index contributed by atoms with van der Waals surface area (Å²) >= 11 is 11.8. The molecular weight excluding hydrogens is 349 g/mol. The second kappa shape index (κ2) is 8.04. The molecule has 2 aromatic rings. The molecule has 5 nitrogen and oxygen atoms in total. The first kappa shape index (κ1) is 18.1. The van der Waals surface area contributed by atoms with Crippen LogP contribution in [-0.2, 0) is 4.79 Å². The Bertz CT molecular complexity index is 778. The fraction of sp³-hybridized carbons (Fsp3) is 0.176. The summed E-state index contributed by atoms with van der Waals surface area (Å²) in [5.74, 6) is -0.0236. The number of anilines is 1. The number of hydrogen-bond acceptors (Lipinski definition) is 4. The van der Waals surface area contributed by atoms with Crippen molar-refractivity contribution in [3.63, 3.8) is 0 Å². The van der Waals surface area contributed by atoms with Crippen molar-refractivity contribution in [2.45, 2.75) is 20.0 Å². The minimum absolute atomic E-state index is 0.335. The van der Waals surface area contributed by atoms with E-state index in [2.05, 4.69) is 10.5 Å². The van der Waals surface area contributed by atoms with Gasteiger partial charge in [0.05, 0.1) is 10.7 Å². The molecule has 0 saturated heterocycles. The number of halogens is 2. The van der Waals surface area contributed by atoms with E-state index < -0.39 is 12.0 Å². The molecule has 1 atom stereocenters. The zero-order chi connectivity index (χ0) is 17.7. The zero-order valence-electron chi connectivity index (χ0n) is 13.2. The van der Waals surface area contributed by atoms with Gasteiger partial charge in [-0.25, -0.2) is 5.43 Å². The van der Waals surface area contributed by atoms with Gasteiger partial charge in [-0.3, -0.25) is 4.79 Å². The van der Waals surface area contributed by atoms with Crippen molar-refractivity contribution in [3.05, 3.63) is 58.1 Å². The molecule has 0 bridgehead atoms. The summed E-state index contributed by atoms with van der Waals surface area (Å²) in [6.45, 7) is 3.38. The van der Waals surface area contributed by atoms with E-state index in [4.69, 9.17) is 33.7 Å². The third-order valence-corrected chi connectivity index (χ3v) is 3.74. The predicted molar refractivity (Wildman–Crippen MR) is 97.8 cm³/mol. The van der Waals surface area contributed by atoms with E-state index in [0.29, 0.717) is 27.2 Å². The number of hydrogen-bond donors (Lipinski definition) is 2. The molecule has 0 aliphatic rings. The number of hydrazone groups is 1.